The molecule has 6 rings (SSSR count). The van der Waals surface area contributed by atoms with Crippen molar-refractivity contribution in [1.82, 2.24) is 14.6 Å². The van der Waals surface area contributed by atoms with E-state index in [9.17, 15) is 0 Å². The van der Waals surface area contributed by atoms with Gasteiger partial charge in [0.2, 0.25) is 0 Å². The summed E-state index contributed by atoms with van der Waals surface area (Å²) in [6.45, 7) is 6.58. The van der Waals surface area contributed by atoms with E-state index in [0.29, 0.717) is 0 Å². The van der Waals surface area contributed by atoms with Gasteiger partial charge in [0.25, 0.3) is 0 Å². The molecule has 0 unspecified atom stereocenters. The summed E-state index contributed by atoms with van der Waals surface area (Å²) in [5.41, 5.74) is 9.01. The van der Waals surface area contributed by atoms with E-state index in [1.807, 2.05) is 0 Å². The summed E-state index contributed by atoms with van der Waals surface area (Å²) in [5.74, 6) is 0. The topological polar surface area (TPSA) is 33.4 Å². The number of piperidine rings is 1. The largest absolute Gasteiger partial charge is 0.371 e. The Bertz CT molecular complexity index is 1440. The Morgan fingerprint density at radius 1 is 0.774 bits per heavy atom. The van der Waals surface area contributed by atoms with Crippen LogP contribution in [0.2, 0.25) is 0 Å². The van der Waals surface area contributed by atoms with Crippen molar-refractivity contribution < 1.29 is 0 Å². The average Bonchev–Trinajstić information content (AvgIpc) is 3.19. The molecule has 3 heterocycles. The van der Waals surface area contributed by atoms with Gasteiger partial charge in [-0.15, -0.1) is 0 Å². The quantitative estimate of drug-likeness (QED) is 0.344. The van der Waals surface area contributed by atoms with Gasteiger partial charge in [-0.1, -0.05) is 36.4 Å². The molecule has 31 heavy (non-hydrogen) atoms. The fraction of sp³-hybridized carbons (Fsp3) is 0.259. The first-order chi connectivity index (χ1) is 15.2. The molecule has 0 spiro atoms. The molecule has 1 aliphatic rings. The number of aryl methyl sites for hydroxylation is 2. The van der Waals surface area contributed by atoms with E-state index in [1.54, 1.807) is 0 Å². The van der Waals surface area contributed by atoms with Gasteiger partial charge in [-0.05, 0) is 68.5 Å². The summed E-state index contributed by atoms with van der Waals surface area (Å²) < 4.78 is 2.05. The van der Waals surface area contributed by atoms with Crippen LogP contribution in [0.3, 0.4) is 0 Å². The lowest BCUT2D eigenvalue weighted by molar-refractivity contribution is 0.578. The van der Waals surface area contributed by atoms with Crippen molar-refractivity contribution in [3.8, 4) is 11.3 Å². The van der Waals surface area contributed by atoms with Crippen LogP contribution >= 0.6 is 0 Å². The van der Waals surface area contributed by atoms with E-state index in [0.717, 1.165) is 51.8 Å². The first kappa shape index (κ1) is 18.4. The Hall–Kier alpha value is -3.40. The number of nitrogens with zero attached hydrogens (tertiary/aromatic N) is 4. The molecule has 0 bridgehead atoms. The lowest BCUT2D eigenvalue weighted by Gasteiger charge is -2.28. The molecule has 1 aliphatic heterocycles. The van der Waals surface area contributed by atoms with E-state index >= 15 is 0 Å². The Morgan fingerprint density at radius 2 is 1.58 bits per heavy atom. The molecule has 0 N–H and O–H groups in total. The molecule has 0 aliphatic carbocycles. The maximum absolute atomic E-state index is 5.15. The molecular weight excluding hydrogens is 380 g/mol. The first-order valence-electron chi connectivity index (χ1n) is 11.2. The summed E-state index contributed by atoms with van der Waals surface area (Å²) in [6, 6.07) is 21.7. The highest BCUT2D eigenvalue weighted by molar-refractivity contribution is 6.04. The highest BCUT2D eigenvalue weighted by atomic mass is 15.3. The van der Waals surface area contributed by atoms with E-state index < -0.39 is 0 Å². The number of hydrogen-bond donors (Lipinski definition) is 0. The van der Waals surface area contributed by atoms with Gasteiger partial charge < -0.3 is 4.90 Å². The predicted molar refractivity (Wildman–Crippen MR) is 129 cm³/mol. The summed E-state index contributed by atoms with van der Waals surface area (Å²) >= 11 is 0. The van der Waals surface area contributed by atoms with Crippen LogP contribution in [0.5, 0.6) is 0 Å². The second kappa shape index (κ2) is 7.09. The third-order valence-corrected chi connectivity index (χ3v) is 6.74. The lowest BCUT2D eigenvalue weighted by Crippen LogP contribution is -2.29. The van der Waals surface area contributed by atoms with Crippen LogP contribution in [0, 0.1) is 13.8 Å². The van der Waals surface area contributed by atoms with Gasteiger partial charge >= 0.3 is 0 Å². The molecule has 0 atom stereocenters. The number of imidazole rings is 1. The van der Waals surface area contributed by atoms with Crippen LogP contribution in [0.15, 0.2) is 60.7 Å². The predicted octanol–water partition coefficient (Wildman–Crippen LogP) is 6.31. The summed E-state index contributed by atoms with van der Waals surface area (Å²) in [6.07, 6.45) is 3.87. The minimum absolute atomic E-state index is 0.925. The SMILES string of the molecule is Cc1ccc(-c2nn3c4cc(N5CCCCC5)ccc4nc3c3ccccc23)cc1C. The smallest absolute Gasteiger partial charge is 0.162 e. The Kier molecular flexibility index (Phi) is 4.20. The van der Waals surface area contributed by atoms with Crippen LogP contribution in [-0.2, 0) is 0 Å². The van der Waals surface area contributed by atoms with Crippen LogP contribution in [-0.4, -0.2) is 27.7 Å². The van der Waals surface area contributed by atoms with Crippen molar-refractivity contribution in [2.75, 3.05) is 18.0 Å². The van der Waals surface area contributed by atoms with E-state index in [-0.39, 0.29) is 0 Å². The molecule has 0 saturated carbocycles. The summed E-state index contributed by atoms with van der Waals surface area (Å²) in [4.78, 5) is 7.47. The van der Waals surface area contributed by atoms with Gasteiger partial charge in [-0.25, -0.2) is 9.50 Å². The molecule has 5 aromatic rings. The molecule has 154 valence electrons. The normalized spacial score (nSPS) is 14.7. The minimum Gasteiger partial charge on any atom is -0.371 e. The number of anilines is 1. The maximum atomic E-state index is 5.15. The molecular formula is C27H26N4. The Labute approximate surface area is 182 Å². The van der Waals surface area contributed by atoms with Gasteiger partial charge in [0.1, 0.15) is 0 Å². The van der Waals surface area contributed by atoms with Gasteiger partial charge in [-0.3, -0.25) is 0 Å². The third kappa shape index (κ3) is 2.97. The van der Waals surface area contributed by atoms with E-state index in [2.05, 4.69) is 83.9 Å². The standard InChI is InChI=1S/C27H26N4/c1-18-10-11-20(16-19(18)2)26-22-8-4-5-9-23(22)27-28-24-13-12-21(17-25(24)31(27)29-26)30-14-6-3-7-15-30/h4-5,8-13,16-17H,3,6-7,14-15H2,1-2H3. The number of rotatable bonds is 2. The Morgan fingerprint density at radius 3 is 2.39 bits per heavy atom. The lowest BCUT2D eigenvalue weighted by atomic mass is 10.0. The molecule has 0 radical (unpaired) electrons. The molecule has 2 aromatic heterocycles. The zero-order valence-electron chi connectivity index (χ0n) is 18.1. The average molecular weight is 407 g/mol. The van der Waals surface area contributed by atoms with Crippen LogP contribution in [0.4, 0.5) is 5.69 Å². The molecule has 3 aromatic carbocycles. The van der Waals surface area contributed by atoms with Gasteiger partial charge in [-0.2, -0.15) is 5.10 Å². The van der Waals surface area contributed by atoms with Crippen molar-refractivity contribution in [2.45, 2.75) is 33.1 Å². The number of hydrogen-bond acceptors (Lipinski definition) is 3. The van der Waals surface area contributed by atoms with E-state index in [1.165, 1.54) is 36.1 Å². The van der Waals surface area contributed by atoms with Gasteiger partial charge in [0, 0.05) is 35.1 Å². The monoisotopic (exact) mass is 406 g/mol. The van der Waals surface area contributed by atoms with Crippen LogP contribution in [0.25, 0.3) is 38.7 Å². The van der Waals surface area contributed by atoms with Crippen molar-refractivity contribution in [3.05, 3.63) is 71.8 Å². The van der Waals surface area contributed by atoms with Crippen molar-refractivity contribution in [3.63, 3.8) is 0 Å². The highest BCUT2D eigenvalue weighted by Gasteiger charge is 2.17. The zero-order chi connectivity index (χ0) is 20.9. The van der Waals surface area contributed by atoms with Crippen LogP contribution < -0.4 is 4.90 Å². The van der Waals surface area contributed by atoms with Crippen LogP contribution in [0.1, 0.15) is 30.4 Å². The fourth-order valence-corrected chi connectivity index (χ4v) is 4.82. The second-order valence-electron chi connectivity index (χ2n) is 8.76. The van der Waals surface area contributed by atoms with Crippen molar-refractivity contribution >= 4 is 33.1 Å². The van der Waals surface area contributed by atoms with E-state index in [4.69, 9.17) is 10.1 Å². The van der Waals surface area contributed by atoms with Crippen molar-refractivity contribution in [2.24, 2.45) is 0 Å². The number of aromatic nitrogens is 3. The Balaban J connectivity index is 1.64. The first-order valence-corrected chi connectivity index (χ1v) is 11.2. The third-order valence-electron chi connectivity index (χ3n) is 6.74. The molecule has 1 saturated heterocycles. The number of fused-ring (bicyclic) bond motifs is 5. The molecule has 4 heteroatoms. The molecule has 4 nitrogen and oxygen atoms in total. The van der Waals surface area contributed by atoms with Crippen molar-refractivity contribution in [1.29, 1.82) is 0 Å². The van der Waals surface area contributed by atoms with Gasteiger partial charge in [0.05, 0.1) is 16.7 Å². The van der Waals surface area contributed by atoms with Gasteiger partial charge in [0.15, 0.2) is 5.65 Å². The minimum atomic E-state index is 0.925. The summed E-state index contributed by atoms with van der Waals surface area (Å²) in [5, 5.41) is 7.44. The summed E-state index contributed by atoms with van der Waals surface area (Å²) in [7, 11) is 0. The molecule has 1 fully saturated rings. The maximum Gasteiger partial charge on any atom is 0.162 e. The second-order valence-corrected chi connectivity index (χ2v) is 8.76. The fourth-order valence-electron chi connectivity index (χ4n) is 4.82. The highest BCUT2D eigenvalue weighted by Crippen LogP contribution is 2.33. The molecule has 0 amide bonds. The zero-order valence-corrected chi connectivity index (χ0v) is 18.1. The number of benzene rings is 3.